The van der Waals surface area contributed by atoms with Crippen molar-refractivity contribution in [1.29, 1.82) is 0 Å². The van der Waals surface area contributed by atoms with Crippen LogP contribution in [-0.4, -0.2) is 26.6 Å². The molecule has 0 aliphatic rings. The van der Waals surface area contributed by atoms with Gasteiger partial charge in [-0.05, 0) is 24.1 Å². The van der Waals surface area contributed by atoms with E-state index in [-0.39, 0.29) is 6.04 Å². The van der Waals surface area contributed by atoms with Crippen molar-refractivity contribution in [3.8, 4) is 0 Å². The SMILES string of the molecule is CSCC[C@H]([NH3+])c1nnc2ccccn12. The van der Waals surface area contributed by atoms with E-state index in [4.69, 9.17) is 0 Å². The van der Waals surface area contributed by atoms with E-state index in [0.29, 0.717) is 0 Å². The highest BCUT2D eigenvalue weighted by atomic mass is 32.2. The standard InChI is InChI=1S/C10H14N4S/c1-15-7-5-8(11)10-13-12-9-4-2-3-6-14(9)10/h2-4,6,8H,5,7,11H2,1H3/p+1/t8-/m0/s1. The van der Waals surface area contributed by atoms with Crippen LogP contribution in [-0.2, 0) is 0 Å². The van der Waals surface area contributed by atoms with Crippen molar-refractivity contribution in [2.24, 2.45) is 0 Å². The number of rotatable bonds is 4. The molecule has 0 bridgehead atoms. The molecule has 15 heavy (non-hydrogen) atoms. The van der Waals surface area contributed by atoms with Crippen molar-refractivity contribution in [2.45, 2.75) is 12.5 Å². The fourth-order valence-corrected chi connectivity index (χ4v) is 2.05. The van der Waals surface area contributed by atoms with Crippen LogP contribution in [0, 0.1) is 0 Å². The lowest BCUT2D eigenvalue weighted by molar-refractivity contribution is -0.429. The maximum atomic E-state index is 4.19. The summed E-state index contributed by atoms with van der Waals surface area (Å²) in [7, 11) is 0. The number of pyridine rings is 1. The van der Waals surface area contributed by atoms with Crippen LogP contribution in [0.15, 0.2) is 24.4 Å². The van der Waals surface area contributed by atoms with Gasteiger partial charge in [-0.3, -0.25) is 4.40 Å². The summed E-state index contributed by atoms with van der Waals surface area (Å²) in [6.45, 7) is 0. The molecule has 1 atom stereocenters. The van der Waals surface area contributed by atoms with Crippen LogP contribution in [0.3, 0.4) is 0 Å². The van der Waals surface area contributed by atoms with E-state index < -0.39 is 0 Å². The first-order valence-corrected chi connectivity index (χ1v) is 6.34. The summed E-state index contributed by atoms with van der Waals surface area (Å²) < 4.78 is 2.01. The van der Waals surface area contributed by atoms with E-state index in [2.05, 4.69) is 22.2 Å². The van der Waals surface area contributed by atoms with Gasteiger partial charge in [0, 0.05) is 12.6 Å². The molecule has 0 saturated carbocycles. The van der Waals surface area contributed by atoms with Gasteiger partial charge in [-0.15, -0.1) is 10.2 Å². The molecule has 0 saturated heterocycles. The third-order valence-electron chi connectivity index (χ3n) is 2.38. The van der Waals surface area contributed by atoms with Gasteiger partial charge in [0.25, 0.3) is 0 Å². The van der Waals surface area contributed by atoms with Crippen LogP contribution in [0.2, 0.25) is 0 Å². The van der Waals surface area contributed by atoms with E-state index in [0.717, 1.165) is 23.6 Å². The molecule has 80 valence electrons. The Kier molecular flexibility index (Phi) is 3.23. The summed E-state index contributed by atoms with van der Waals surface area (Å²) in [5.41, 5.74) is 5.03. The van der Waals surface area contributed by atoms with Crippen molar-refractivity contribution in [3.63, 3.8) is 0 Å². The Morgan fingerprint density at radius 2 is 2.33 bits per heavy atom. The van der Waals surface area contributed by atoms with Crippen molar-refractivity contribution in [2.75, 3.05) is 12.0 Å². The van der Waals surface area contributed by atoms with E-state index in [1.807, 2.05) is 40.6 Å². The third-order valence-corrected chi connectivity index (χ3v) is 3.02. The van der Waals surface area contributed by atoms with Gasteiger partial charge in [0.1, 0.15) is 6.04 Å². The van der Waals surface area contributed by atoms with Gasteiger partial charge in [-0.1, -0.05) is 6.07 Å². The van der Waals surface area contributed by atoms with Crippen LogP contribution < -0.4 is 5.73 Å². The van der Waals surface area contributed by atoms with Crippen molar-refractivity contribution in [3.05, 3.63) is 30.2 Å². The first-order chi connectivity index (χ1) is 7.33. The monoisotopic (exact) mass is 223 g/mol. The quantitative estimate of drug-likeness (QED) is 0.832. The van der Waals surface area contributed by atoms with E-state index in [1.54, 1.807) is 0 Å². The highest BCUT2D eigenvalue weighted by Gasteiger charge is 2.15. The Morgan fingerprint density at radius 3 is 3.13 bits per heavy atom. The predicted molar refractivity (Wildman–Crippen MR) is 61.6 cm³/mol. The number of fused-ring (bicyclic) bond motifs is 1. The minimum atomic E-state index is 0.217. The third kappa shape index (κ3) is 2.13. The lowest BCUT2D eigenvalue weighted by Gasteiger charge is -2.05. The van der Waals surface area contributed by atoms with Gasteiger partial charge in [-0.25, -0.2) is 0 Å². The average molecular weight is 223 g/mol. The molecule has 3 N–H and O–H groups in total. The van der Waals surface area contributed by atoms with Crippen molar-refractivity contribution in [1.82, 2.24) is 14.6 Å². The molecule has 0 spiro atoms. The maximum Gasteiger partial charge on any atom is 0.195 e. The average Bonchev–Trinajstić information content (AvgIpc) is 2.69. The van der Waals surface area contributed by atoms with Gasteiger partial charge in [-0.2, -0.15) is 11.8 Å². The van der Waals surface area contributed by atoms with E-state index in [1.165, 1.54) is 0 Å². The summed E-state index contributed by atoms with van der Waals surface area (Å²) in [4.78, 5) is 0. The zero-order valence-corrected chi connectivity index (χ0v) is 9.57. The lowest BCUT2D eigenvalue weighted by Crippen LogP contribution is -2.54. The molecule has 0 amide bonds. The maximum absolute atomic E-state index is 4.19. The summed E-state index contributed by atoms with van der Waals surface area (Å²) in [6.07, 6.45) is 5.13. The molecule has 0 aliphatic carbocycles. The molecule has 0 radical (unpaired) electrons. The molecule has 0 aliphatic heterocycles. The highest BCUT2D eigenvalue weighted by Crippen LogP contribution is 2.13. The molecule has 5 heteroatoms. The van der Waals surface area contributed by atoms with Crippen LogP contribution in [0.5, 0.6) is 0 Å². The number of nitrogens with zero attached hydrogens (tertiary/aromatic N) is 3. The molecule has 2 aromatic heterocycles. The molecule has 2 heterocycles. The summed E-state index contributed by atoms with van der Waals surface area (Å²) >= 11 is 1.84. The molecule has 0 aromatic carbocycles. The number of quaternary nitrogens is 1. The lowest BCUT2D eigenvalue weighted by atomic mass is 10.2. The first kappa shape index (κ1) is 10.4. The number of thioether (sulfide) groups is 1. The topological polar surface area (TPSA) is 57.8 Å². The number of hydrogen-bond acceptors (Lipinski definition) is 3. The highest BCUT2D eigenvalue weighted by molar-refractivity contribution is 7.98. The fraction of sp³-hybridized carbons (Fsp3) is 0.400. The van der Waals surface area contributed by atoms with Gasteiger partial charge < -0.3 is 5.73 Å². The van der Waals surface area contributed by atoms with Crippen LogP contribution in [0.1, 0.15) is 18.3 Å². The zero-order valence-electron chi connectivity index (χ0n) is 8.76. The predicted octanol–water partition coefficient (Wildman–Crippen LogP) is 0.765. The Hall–Kier alpha value is -1.07. The normalized spacial score (nSPS) is 13.2. The van der Waals surface area contributed by atoms with Gasteiger partial charge in [0.05, 0.1) is 0 Å². The van der Waals surface area contributed by atoms with E-state index >= 15 is 0 Å². The van der Waals surface area contributed by atoms with Gasteiger partial charge >= 0.3 is 0 Å². The first-order valence-electron chi connectivity index (χ1n) is 4.94. The number of hydrogen-bond donors (Lipinski definition) is 1. The molecular formula is C10H15N4S+. The molecular weight excluding hydrogens is 208 g/mol. The Balaban J connectivity index is 2.27. The van der Waals surface area contributed by atoms with Crippen LogP contribution >= 0.6 is 11.8 Å². The smallest absolute Gasteiger partial charge is 0.195 e. The van der Waals surface area contributed by atoms with Crippen LogP contribution in [0.4, 0.5) is 0 Å². The molecule has 2 aromatic rings. The van der Waals surface area contributed by atoms with Crippen molar-refractivity contribution < 1.29 is 5.73 Å². The summed E-state index contributed by atoms with van der Waals surface area (Å²) in [5, 5.41) is 8.30. The fourth-order valence-electron chi connectivity index (χ4n) is 1.53. The molecule has 4 nitrogen and oxygen atoms in total. The van der Waals surface area contributed by atoms with Crippen molar-refractivity contribution >= 4 is 17.4 Å². The Morgan fingerprint density at radius 1 is 1.47 bits per heavy atom. The zero-order chi connectivity index (χ0) is 10.7. The number of aromatic nitrogens is 3. The van der Waals surface area contributed by atoms with Gasteiger partial charge in [0.15, 0.2) is 11.5 Å². The second kappa shape index (κ2) is 4.63. The Labute approximate surface area is 92.9 Å². The Bertz CT molecular complexity index is 440. The molecule has 0 fully saturated rings. The van der Waals surface area contributed by atoms with Gasteiger partial charge in [0.2, 0.25) is 0 Å². The summed E-state index contributed by atoms with van der Waals surface area (Å²) in [6, 6.07) is 6.13. The van der Waals surface area contributed by atoms with Crippen LogP contribution in [0.25, 0.3) is 5.65 Å². The second-order valence-electron chi connectivity index (χ2n) is 3.47. The van der Waals surface area contributed by atoms with E-state index in [9.17, 15) is 0 Å². The summed E-state index contributed by atoms with van der Waals surface area (Å²) in [5.74, 6) is 2.07. The molecule has 2 rings (SSSR count). The second-order valence-corrected chi connectivity index (χ2v) is 4.45. The minimum absolute atomic E-state index is 0.217. The molecule has 0 unspecified atom stereocenters. The largest absolute Gasteiger partial charge is 0.349 e. The minimum Gasteiger partial charge on any atom is -0.349 e.